The number of likely N-dealkylation sites (N-methyl/N-ethyl adjacent to an activating group) is 1. The van der Waals surface area contributed by atoms with E-state index in [0.29, 0.717) is 11.8 Å². The molecule has 0 aromatic carbocycles. The standard InChI is InChI=1S/C13H27N3OS/c1-4-16(5-2)8-9-18-11-13(17)15(3)12-6-7-14-10-12/h12,14H,4-11H2,1-3H3. The fraction of sp³-hybridized carbons (Fsp3) is 0.923. The van der Waals surface area contributed by atoms with Crippen LogP contribution in [0.2, 0.25) is 0 Å². The molecule has 106 valence electrons. The minimum atomic E-state index is 0.272. The lowest BCUT2D eigenvalue weighted by Gasteiger charge is -2.24. The van der Waals surface area contributed by atoms with Crippen molar-refractivity contribution in [3.63, 3.8) is 0 Å². The lowest BCUT2D eigenvalue weighted by Crippen LogP contribution is -2.39. The second kappa shape index (κ2) is 8.77. The highest BCUT2D eigenvalue weighted by molar-refractivity contribution is 7.99. The van der Waals surface area contributed by atoms with Crippen LogP contribution in [-0.2, 0) is 4.79 Å². The lowest BCUT2D eigenvalue weighted by molar-refractivity contribution is -0.128. The van der Waals surface area contributed by atoms with E-state index in [4.69, 9.17) is 0 Å². The maximum absolute atomic E-state index is 12.0. The molecule has 0 radical (unpaired) electrons. The van der Waals surface area contributed by atoms with Crippen LogP contribution in [0.5, 0.6) is 0 Å². The van der Waals surface area contributed by atoms with Crippen molar-refractivity contribution in [3.05, 3.63) is 0 Å². The van der Waals surface area contributed by atoms with Crippen LogP contribution in [0.15, 0.2) is 0 Å². The highest BCUT2D eigenvalue weighted by Crippen LogP contribution is 2.09. The second-order valence-corrected chi connectivity index (χ2v) is 5.84. The highest BCUT2D eigenvalue weighted by Gasteiger charge is 2.22. The topological polar surface area (TPSA) is 35.6 Å². The molecule has 1 aliphatic rings. The Bertz CT molecular complexity index is 240. The first kappa shape index (κ1) is 15.8. The van der Waals surface area contributed by atoms with Crippen molar-refractivity contribution in [1.29, 1.82) is 0 Å². The van der Waals surface area contributed by atoms with E-state index in [1.807, 2.05) is 11.9 Å². The predicted molar refractivity (Wildman–Crippen MR) is 79.2 cm³/mol. The van der Waals surface area contributed by atoms with Gasteiger partial charge in [0, 0.05) is 31.9 Å². The molecule has 5 heteroatoms. The summed E-state index contributed by atoms with van der Waals surface area (Å²) in [7, 11) is 1.94. The molecule has 1 saturated heterocycles. The van der Waals surface area contributed by atoms with E-state index >= 15 is 0 Å². The minimum Gasteiger partial charge on any atom is -0.341 e. The monoisotopic (exact) mass is 273 g/mol. The third kappa shape index (κ3) is 5.16. The van der Waals surface area contributed by atoms with E-state index in [1.165, 1.54) is 0 Å². The zero-order valence-electron chi connectivity index (χ0n) is 11.9. The molecule has 1 heterocycles. The molecule has 1 amide bonds. The fourth-order valence-electron chi connectivity index (χ4n) is 2.17. The van der Waals surface area contributed by atoms with Gasteiger partial charge in [0.15, 0.2) is 0 Å². The van der Waals surface area contributed by atoms with Gasteiger partial charge in [-0.2, -0.15) is 11.8 Å². The largest absolute Gasteiger partial charge is 0.341 e. The van der Waals surface area contributed by atoms with Crippen molar-refractivity contribution < 1.29 is 4.79 Å². The summed E-state index contributed by atoms with van der Waals surface area (Å²) >= 11 is 1.75. The van der Waals surface area contributed by atoms with E-state index < -0.39 is 0 Å². The van der Waals surface area contributed by atoms with Crippen molar-refractivity contribution >= 4 is 17.7 Å². The van der Waals surface area contributed by atoms with E-state index in [9.17, 15) is 4.79 Å². The molecule has 0 aromatic rings. The van der Waals surface area contributed by atoms with Crippen molar-refractivity contribution in [2.45, 2.75) is 26.3 Å². The molecule has 1 unspecified atom stereocenters. The van der Waals surface area contributed by atoms with Gasteiger partial charge in [0.1, 0.15) is 0 Å². The average molecular weight is 273 g/mol. The fourth-order valence-corrected chi connectivity index (χ4v) is 3.08. The van der Waals surface area contributed by atoms with Crippen LogP contribution in [0, 0.1) is 0 Å². The Morgan fingerprint density at radius 3 is 2.67 bits per heavy atom. The zero-order valence-corrected chi connectivity index (χ0v) is 12.8. The predicted octanol–water partition coefficient (Wildman–Crippen LogP) is 0.882. The number of rotatable bonds is 8. The molecule has 0 spiro atoms. The summed E-state index contributed by atoms with van der Waals surface area (Å²) in [6.07, 6.45) is 1.09. The van der Waals surface area contributed by atoms with Crippen molar-refractivity contribution in [3.8, 4) is 0 Å². The Kier molecular flexibility index (Phi) is 7.70. The molecular formula is C13H27N3OS. The number of thioether (sulfide) groups is 1. The van der Waals surface area contributed by atoms with Gasteiger partial charge >= 0.3 is 0 Å². The first-order valence-electron chi connectivity index (χ1n) is 6.95. The number of nitrogens with one attached hydrogen (secondary N) is 1. The zero-order chi connectivity index (χ0) is 13.4. The Morgan fingerprint density at radius 2 is 2.11 bits per heavy atom. The number of amides is 1. The van der Waals surface area contributed by atoms with Gasteiger partial charge in [-0.3, -0.25) is 4.79 Å². The molecule has 4 nitrogen and oxygen atoms in total. The number of nitrogens with zero attached hydrogens (tertiary/aromatic N) is 2. The summed E-state index contributed by atoms with van der Waals surface area (Å²) in [6.45, 7) is 9.63. The summed E-state index contributed by atoms with van der Waals surface area (Å²) in [5.41, 5.74) is 0. The van der Waals surface area contributed by atoms with Crippen LogP contribution in [0.4, 0.5) is 0 Å². The van der Waals surface area contributed by atoms with Crippen molar-refractivity contribution in [2.24, 2.45) is 0 Å². The van der Waals surface area contributed by atoms with Crippen LogP contribution < -0.4 is 5.32 Å². The molecule has 0 aliphatic carbocycles. The molecule has 1 aliphatic heterocycles. The van der Waals surface area contributed by atoms with Gasteiger partial charge < -0.3 is 15.1 Å². The number of hydrogen-bond acceptors (Lipinski definition) is 4. The molecule has 1 N–H and O–H groups in total. The van der Waals surface area contributed by atoms with Crippen LogP contribution in [0.3, 0.4) is 0 Å². The maximum atomic E-state index is 12.0. The summed E-state index contributed by atoms with van der Waals surface area (Å²) in [6, 6.07) is 0.404. The highest BCUT2D eigenvalue weighted by atomic mass is 32.2. The summed E-state index contributed by atoms with van der Waals surface area (Å²) < 4.78 is 0. The molecule has 0 bridgehead atoms. The van der Waals surface area contributed by atoms with Crippen LogP contribution >= 0.6 is 11.8 Å². The molecule has 1 rings (SSSR count). The third-order valence-corrected chi connectivity index (χ3v) is 4.57. The average Bonchev–Trinajstić information content (AvgIpc) is 2.91. The molecule has 18 heavy (non-hydrogen) atoms. The Labute approximate surface area is 115 Å². The van der Waals surface area contributed by atoms with E-state index in [1.54, 1.807) is 11.8 Å². The number of hydrogen-bond donors (Lipinski definition) is 1. The van der Waals surface area contributed by atoms with E-state index in [2.05, 4.69) is 24.1 Å². The lowest BCUT2D eigenvalue weighted by atomic mass is 10.2. The van der Waals surface area contributed by atoms with Gasteiger partial charge in [-0.1, -0.05) is 13.8 Å². The van der Waals surface area contributed by atoms with Crippen LogP contribution in [0.1, 0.15) is 20.3 Å². The van der Waals surface area contributed by atoms with Crippen molar-refractivity contribution in [1.82, 2.24) is 15.1 Å². The molecule has 1 atom stereocenters. The summed E-state index contributed by atoms with van der Waals surface area (Å²) in [4.78, 5) is 16.3. The minimum absolute atomic E-state index is 0.272. The van der Waals surface area contributed by atoms with Gasteiger partial charge in [0.25, 0.3) is 0 Å². The first-order valence-corrected chi connectivity index (χ1v) is 8.11. The van der Waals surface area contributed by atoms with Gasteiger partial charge in [-0.05, 0) is 26.1 Å². The summed E-state index contributed by atoms with van der Waals surface area (Å²) in [5.74, 6) is 1.94. The van der Waals surface area contributed by atoms with E-state index in [-0.39, 0.29) is 5.91 Å². The number of carbonyl (C=O) groups excluding carboxylic acids is 1. The Hall–Kier alpha value is -0.260. The molecule has 0 aromatic heterocycles. The first-order chi connectivity index (χ1) is 8.69. The van der Waals surface area contributed by atoms with Gasteiger partial charge in [-0.15, -0.1) is 0 Å². The van der Waals surface area contributed by atoms with Crippen LogP contribution in [-0.4, -0.2) is 73.0 Å². The van der Waals surface area contributed by atoms with Gasteiger partial charge in [0.2, 0.25) is 5.91 Å². The Morgan fingerprint density at radius 1 is 1.39 bits per heavy atom. The Balaban J connectivity index is 2.12. The second-order valence-electron chi connectivity index (χ2n) is 4.73. The quantitative estimate of drug-likeness (QED) is 0.666. The molecule has 1 fully saturated rings. The molecular weight excluding hydrogens is 246 g/mol. The SMILES string of the molecule is CCN(CC)CCSCC(=O)N(C)C1CCNC1. The smallest absolute Gasteiger partial charge is 0.232 e. The molecule has 0 saturated carbocycles. The van der Waals surface area contributed by atoms with Gasteiger partial charge in [-0.25, -0.2) is 0 Å². The number of carbonyl (C=O) groups is 1. The van der Waals surface area contributed by atoms with Gasteiger partial charge in [0.05, 0.1) is 5.75 Å². The third-order valence-electron chi connectivity index (χ3n) is 3.65. The van der Waals surface area contributed by atoms with Crippen molar-refractivity contribution in [2.75, 3.05) is 51.3 Å². The van der Waals surface area contributed by atoms with Crippen LogP contribution in [0.25, 0.3) is 0 Å². The van der Waals surface area contributed by atoms with E-state index in [0.717, 1.165) is 44.9 Å². The maximum Gasteiger partial charge on any atom is 0.232 e. The normalized spacial score (nSPS) is 19.4. The summed E-state index contributed by atoms with van der Waals surface area (Å²) in [5, 5.41) is 3.30.